The largest absolute Gasteiger partial charge is 0.488 e. The molecular formula is C24H28ClN2O3+. The fraction of sp³-hybridized carbons (Fsp3) is 0.375. The number of hydrogen-bond acceptors (Lipinski definition) is 3. The first-order valence-corrected chi connectivity index (χ1v) is 10.7. The van der Waals surface area contributed by atoms with Crippen molar-refractivity contribution in [3.05, 3.63) is 64.2 Å². The summed E-state index contributed by atoms with van der Waals surface area (Å²) < 4.78 is 12.3. The number of benzene rings is 2. The maximum absolute atomic E-state index is 12.7. The lowest BCUT2D eigenvalue weighted by Gasteiger charge is -2.32. The second kappa shape index (κ2) is 8.80. The van der Waals surface area contributed by atoms with Crippen molar-refractivity contribution in [2.24, 2.45) is 0 Å². The third-order valence-corrected chi connectivity index (χ3v) is 5.76. The molecule has 2 aromatic carbocycles. The van der Waals surface area contributed by atoms with Crippen LogP contribution in [-0.2, 0) is 16.1 Å². The molecule has 1 N–H and O–H groups in total. The Morgan fingerprint density at radius 1 is 1.20 bits per heavy atom. The Kier molecular flexibility index (Phi) is 6.14. The van der Waals surface area contributed by atoms with E-state index in [1.54, 1.807) is 12.1 Å². The summed E-state index contributed by atoms with van der Waals surface area (Å²) in [5.74, 6) is 0.576. The van der Waals surface area contributed by atoms with Gasteiger partial charge in [0.05, 0.1) is 19.7 Å². The Hall–Kier alpha value is -2.34. The summed E-state index contributed by atoms with van der Waals surface area (Å²) in [6.07, 6.45) is 4.52. The molecule has 158 valence electrons. The van der Waals surface area contributed by atoms with Gasteiger partial charge in [-0.2, -0.15) is 0 Å². The first kappa shape index (κ1) is 20.9. The van der Waals surface area contributed by atoms with Gasteiger partial charge in [0.2, 0.25) is 0 Å². The predicted molar refractivity (Wildman–Crippen MR) is 120 cm³/mol. The number of carbonyl (C=O) groups is 1. The van der Waals surface area contributed by atoms with Crippen LogP contribution in [0.2, 0.25) is 5.02 Å². The Labute approximate surface area is 182 Å². The molecule has 0 bridgehead atoms. The van der Waals surface area contributed by atoms with E-state index in [1.807, 2.05) is 24.3 Å². The number of likely N-dealkylation sites (N-methyl/N-ethyl adjacent to an activating group) is 1. The molecule has 2 aromatic rings. The van der Waals surface area contributed by atoms with Crippen LogP contribution in [0.5, 0.6) is 5.75 Å². The van der Waals surface area contributed by atoms with Crippen LogP contribution in [0.25, 0.3) is 6.08 Å². The number of ether oxygens (including phenoxy) is 2. The van der Waals surface area contributed by atoms with Crippen LogP contribution in [0.4, 0.5) is 5.69 Å². The van der Waals surface area contributed by atoms with E-state index in [9.17, 15) is 4.79 Å². The van der Waals surface area contributed by atoms with Gasteiger partial charge in [0.1, 0.15) is 31.5 Å². The van der Waals surface area contributed by atoms with E-state index in [-0.39, 0.29) is 12.5 Å². The van der Waals surface area contributed by atoms with Gasteiger partial charge < -0.3 is 19.3 Å². The van der Waals surface area contributed by atoms with Crippen molar-refractivity contribution in [3.63, 3.8) is 0 Å². The lowest BCUT2D eigenvalue weighted by atomic mass is 10.1. The smallest absolute Gasteiger partial charge is 0.255 e. The summed E-state index contributed by atoms with van der Waals surface area (Å²) in [6, 6.07) is 13.5. The molecule has 0 radical (unpaired) electrons. The van der Waals surface area contributed by atoms with E-state index in [0.717, 1.165) is 47.6 Å². The van der Waals surface area contributed by atoms with Crippen LogP contribution >= 0.6 is 11.6 Å². The molecule has 1 amide bonds. The first-order chi connectivity index (χ1) is 14.4. The van der Waals surface area contributed by atoms with E-state index in [4.69, 9.17) is 21.1 Å². The number of fused-ring (bicyclic) bond motifs is 1. The summed E-state index contributed by atoms with van der Waals surface area (Å²) in [5, 5.41) is 3.58. The van der Waals surface area contributed by atoms with Crippen molar-refractivity contribution in [2.45, 2.75) is 25.5 Å². The number of carbonyl (C=O) groups excluding carboxylic acids is 1. The number of amides is 1. The van der Waals surface area contributed by atoms with E-state index < -0.39 is 0 Å². The molecule has 30 heavy (non-hydrogen) atoms. The minimum absolute atomic E-state index is 0.164. The molecule has 2 aliphatic heterocycles. The maximum atomic E-state index is 12.7. The normalized spacial score (nSPS) is 18.4. The van der Waals surface area contributed by atoms with Gasteiger partial charge in [0, 0.05) is 28.4 Å². The maximum Gasteiger partial charge on any atom is 0.255 e. The molecule has 2 heterocycles. The molecule has 1 atom stereocenters. The van der Waals surface area contributed by atoms with Crippen LogP contribution < -0.4 is 10.1 Å². The highest BCUT2D eigenvalue weighted by Gasteiger charge is 2.26. The van der Waals surface area contributed by atoms with Crippen LogP contribution in [-0.4, -0.2) is 50.3 Å². The first-order valence-electron chi connectivity index (χ1n) is 10.3. The molecule has 6 heteroatoms. The average molecular weight is 428 g/mol. The zero-order chi connectivity index (χ0) is 21.1. The summed E-state index contributed by atoms with van der Waals surface area (Å²) in [4.78, 5) is 12.7. The van der Waals surface area contributed by atoms with Crippen LogP contribution in [0, 0.1) is 0 Å². The van der Waals surface area contributed by atoms with Crippen LogP contribution in [0.3, 0.4) is 0 Å². The second-order valence-electron chi connectivity index (χ2n) is 8.70. The topological polar surface area (TPSA) is 47.6 Å². The molecule has 0 spiro atoms. The quantitative estimate of drug-likeness (QED) is 0.690. The number of nitrogens with zero attached hydrogens (tertiary/aromatic N) is 1. The minimum Gasteiger partial charge on any atom is -0.488 e. The SMILES string of the molecule is C[N+](C)(Cc1ccc(NC(=O)C2=Cc3cc(Cl)ccc3OC2)cc1)CC1CCCO1. The number of rotatable bonds is 6. The van der Waals surface area contributed by atoms with Crippen molar-refractivity contribution < 1.29 is 18.8 Å². The van der Waals surface area contributed by atoms with Gasteiger partial charge in [0.25, 0.3) is 5.91 Å². The van der Waals surface area contributed by atoms with Crippen LogP contribution in [0.1, 0.15) is 24.0 Å². The zero-order valence-corrected chi connectivity index (χ0v) is 18.2. The van der Waals surface area contributed by atoms with Gasteiger partial charge in [-0.15, -0.1) is 0 Å². The van der Waals surface area contributed by atoms with Gasteiger partial charge in [-0.05, 0) is 49.2 Å². The number of quaternary nitrogens is 1. The summed E-state index contributed by atoms with van der Waals surface area (Å²) in [7, 11) is 4.47. The van der Waals surface area contributed by atoms with Crippen LogP contribution in [0.15, 0.2) is 48.0 Å². The highest BCUT2D eigenvalue weighted by molar-refractivity contribution is 6.30. The number of nitrogens with one attached hydrogen (secondary N) is 1. The molecule has 0 aromatic heterocycles. The number of halogens is 1. The molecular weight excluding hydrogens is 400 g/mol. The lowest BCUT2D eigenvalue weighted by Crippen LogP contribution is -2.44. The lowest BCUT2D eigenvalue weighted by molar-refractivity contribution is -0.906. The van der Waals surface area contributed by atoms with Gasteiger partial charge >= 0.3 is 0 Å². The summed E-state index contributed by atoms with van der Waals surface area (Å²) >= 11 is 6.05. The predicted octanol–water partition coefficient (Wildman–Crippen LogP) is 4.51. The Balaban J connectivity index is 1.37. The standard InChI is InChI=1S/C24H27ClN2O3/c1-27(2,15-22-4-3-11-29-22)14-17-5-8-21(9-6-17)26-24(28)19-12-18-13-20(25)7-10-23(18)30-16-19/h5-10,12-13,22H,3-4,11,14-16H2,1-2H3/p+1. The number of anilines is 1. The second-order valence-corrected chi connectivity index (χ2v) is 9.14. The Bertz CT molecular complexity index is 947. The summed E-state index contributed by atoms with van der Waals surface area (Å²) in [5.41, 5.74) is 3.40. The van der Waals surface area contributed by atoms with Crippen molar-refractivity contribution >= 4 is 29.3 Å². The molecule has 4 rings (SSSR count). The van der Waals surface area contributed by atoms with Crippen molar-refractivity contribution in [3.8, 4) is 5.75 Å². The van der Waals surface area contributed by atoms with E-state index in [2.05, 4.69) is 31.5 Å². The molecule has 0 aliphatic carbocycles. The fourth-order valence-corrected chi connectivity index (χ4v) is 4.26. The third-order valence-electron chi connectivity index (χ3n) is 5.52. The molecule has 2 aliphatic rings. The molecule has 1 fully saturated rings. The van der Waals surface area contributed by atoms with Gasteiger partial charge in [-0.25, -0.2) is 0 Å². The van der Waals surface area contributed by atoms with Crippen molar-refractivity contribution in [1.29, 1.82) is 0 Å². The highest BCUT2D eigenvalue weighted by Crippen LogP contribution is 2.29. The van der Waals surface area contributed by atoms with E-state index in [0.29, 0.717) is 16.7 Å². The van der Waals surface area contributed by atoms with Gasteiger partial charge in [-0.3, -0.25) is 4.79 Å². The van der Waals surface area contributed by atoms with E-state index >= 15 is 0 Å². The van der Waals surface area contributed by atoms with Crippen molar-refractivity contribution in [2.75, 3.05) is 39.2 Å². The van der Waals surface area contributed by atoms with Gasteiger partial charge in [-0.1, -0.05) is 23.7 Å². The number of hydrogen-bond donors (Lipinski definition) is 1. The third kappa shape index (κ3) is 5.22. The fourth-order valence-electron chi connectivity index (χ4n) is 4.08. The van der Waals surface area contributed by atoms with Crippen molar-refractivity contribution in [1.82, 2.24) is 0 Å². The molecule has 1 saturated heterocycles. The molecule has 5 nitrogen and oxygen atoms in total. The average Bonchev–Trinajstić information content (AvgIpc) is 3.20. The molecule has 1 unspecified atom stereocenters. The van der Waals surface area contributed by atoms with E-state index in [1.165, 1.54) is 12.0 Å². The summed E-state index contributed by atoms with van der Waals surface area (Å²) in [6.45, 7) is 3.06. The zero-order valence-electron chi connectivity index (χ0n) is 17.5. The minimum atomic E-state index is -0.164. The monoisotopic (exact) mass is 427 g/mol. The molecule has 0 saturated carbocycles. The highest BCUT2D eigenvalue weighted by atomic mass is 35.5. The van der Waals surface area contributed by atoms with Gasteiger partial charge in [0.15, 0.2) is 0 Å². The Morgan fingerprint density at radius 3 is 2.73 bits per heavy atom. The Morgan fingerprint density at radius 2 is 2.00 bits per heavy atom.